The molecule has 9 heteroatoms. The van der Waals surface area contributed by atoms with Gasteiger partial charge in [0.15, 0.2) is 6.10 Å². The van der Waals surface area contributed by atoms with Crippen LogP contribution in [0, 0.1) is 19.7 Å². The van der Waals surface area contributed by atoms with Gasteiger partial charge in [-0.2, -0.15) is 0 Å². The summed E-state index contributed by atoms with van der Waals surface area (Å²) in [7, 11) is 0. The van der Waals surface area contributed by atoms with Crippen LogP contribution in [0.15, 0.2) is 53.3 Å². The number of hydrogen-bond acceptors (Lipinski definition) is 4. The van der Waals surface area contributed by atoms with E-state index in [0.717, 1.165) is 5.69 Å². The van der Waals surface area contributed by atoms with Gasteiger partial charge in [-0.1, -0.05) is 0 Å². The average Bonchev–Trinajstić information content (AvgIpc) is 3.26. The van der Waals surface area contributed by atoms with Crippen LogP contribution >= 0.6 is 0 Å². The third-order valence-electron chi connectivity index (χ3n) is 5.17. The molecule has 4 aromatic rings. The van der Waals surface area contributed by atoms with Crippen LogP contribution in [-0.4, -0.2) is 32.5 Å². The molecule has 2 aromatic heterocycles. The highest BCUT2D eigenvalue weighted by Crippen LogP contribution is 2.22. The zero-order valence-corrected chi connectivity index (χ0v) is 17.7. The van der Waals surface area contributed by atoms with Crippen molar-refractivity contribution in [2.75, 3.05) is 5.32 Å². The van der Waals surface area contributed by atoms with Crippen LogP contribution in [0.5, 0.6) is 0 Å². The van der Waals surface area contributed by atoms with Crippen molar-refractivity contribution in [2.24, 2.45) is 0 Å². The topological polar surface area (TPSA) is 109 Å². The molecule has 0 aliphatic rings. The molecule has 1 unspecified atom stereocenters. The summed E-state index contributed by atoms with van der Waals surface area (Å²) < 4.78 is 20.4. The highest BCUT2D eigenvalue weighted by atomic mass is 19.1. The molecule has 0 spiro atoms. The van der Waals surface area contributed by atoms with E-state index in [4.69, 9.17) is 4.74 Å². The van der Waals surface area contributed by atoms with Crippen LogP contribution in [0.4, 0.5) is 10.1 Å². The molecule has 8 nitrogen and oxygen atoms in total. The van der Waals surface area contributed by atoms with Gasteiger partial charge >= 0.3 is 11.7 Å². The third kappa shape index (κ3) is 4.04. The van der Waals surface area contributed by atoms with E-state index in [-0.39, 0.29) is 11.5 Å². The number of amides is 1. The fourth-order valence-corrected chi connectivity index (χ4v) is 3.59. The van der Waals surface area contributed by atoms with Gasteiger partial charge in [0.2, 0.25) is 0 Å². The third-order valence-corrected chi connectivity index (χ3v) is 5.17. The fraction of sp³-hybridized carbons (Fsp3) is 0.174. The molecule has 4 rings (SSSR count). The molecule has 1 atom stereocenters. The number of carbonyl (C=O) groups excluding carboxylic acids is 2. The number of halogens is 1. The SMILES string of the molecule is Cc1cc(C(=O)OC(C)C(=O)Nc2ccc3[nH]c(=O)[nH]c3c2)c(C)n1-c1ccc(F)cc1. The van der Waals surface area contributed by atoms with E-state index in [9.17, 15) is 18.8 Å². The van der Waals surface area contributed by atoms with Crippen LogP contribution in [0.3, 0.4) is 0 Å². The van der Waals surface area contributed by atoms with Crippen LogP contribution in [0.2, 0.25) is 0 Å². The first-order valence-corrected chi connectivity index (χ1v) is 9.91. The summed E-state index contributed by atoms with van der Waals surface area (Å²) in [5.74, 6) is -1.50. The van der Waals surface area contributed by atoms with Crippen LogP contribution in [0.25, 0.3) is 16.7 Å². The number of imidazole rings is 1. The number of nitrogens with one attached hydrogen (secondary N) is 3. The Bertz CT molecular complexity index is 1380. The molecule has 0 aliphatic heterocycles. The number of carbonyl (C=O) groups is 2. The fourth-order valence-electron chi connectivity index (χ4n) is 3.59. The van der Waals surface area contributed by atoms with Gasteiger partial charge in [0.1, 0.15) is 5.82 Å². The van der Waals surface area contributed by atoms with Gasteiger partial charge in [-0.3, -0.25) is 4.79 Å². The molecular formula is C23H21FN4O4. The number of anilines is 1. The summed E-state index contributed by atoms with van der Waals surface area (Å²) in [4.78, 5) is 41.9. The highest BCUT2D eigenvalue weighted by molar-refractivity contribution is 5.98. The van der Waals surface area contributed by atoms with Gasteiger partial charge in [0.05, 0.1) is 16.6 Å². The van der Waals surface area contributed by atoms with E-state index < -0.39 is 18.0 Å². The van der Waals surface area contributed by atoms with E-state index >= 15 is 0 Å². The molecule has 0 saturated heterocycles. The Balaban J connectivity index is 1.48. The zero-order valence-electron chi connectivity index (χ0n) is 17.7. The molecule has 32 heavy (non-hydrogen) atoms. The predicted octanol–water partition coefficient (Wildman–Crippen LogP) is 3.59. The van der Waals surface area contributed by atoms with Crippen molar-refractivity contribution in [3.63, 3.8) is 0 Å². The number of ether oxygens (including phenoxy) is 1. The van der Waals surface area contributed by atoms with E-state index in [0.29, 0.717) is 33.7 Å². The van der Waals surface area contributed by atoms with E-state index in [1.165, 1.54) is 19.1 Å². The smallest absolute Gasteiger partial charge is 0.340 e. The normalized spacial score (nSPS) is 12.0. The standard InChI is InChI=1S/C23H21FN4O4/c1-12-10-18(13(2)28(12)17-7-4-15(24)5-8-17)22(30)32-14(3)21(29)25-16-6-9-19-20(11-16)27-23(31)26-19/h4-11,14H,1-3H3,(H,25,29)(H2,26,27,31). The summed E-state index contributed by atoms with van der Waals surface area (Å²) in [5.41, 5.74) is 3.69. The number of esters is 1. The van der Waals surface area contributed by atoms with Crippen LogP contribution in [0.1, 0.15) is 28.7 Å². The van der Waals surface area contributed by atoms with Crippen molar-refractivity contribution in [1.29, 1.82) is 0 Å². The molecule has 0 saturated carbocycles. The number of aryl methyl sites for hydroxylation is 1. The Morgan fingerprint density at radius 3 is 2.44 bits per heavy atom. The number of hydrogen-bond donors (Lipinski definition) is 3. The van der Waals surface area contributed by atoms with Crippen molar-refractivity contribution in [3.05, 3.63) is 81.8 Å². The van der Waals surface area contributed by atoms with Crippen molar-refractivity contribution in [3.8, 4) is 5.69 Å². The maximum atomic E-state index is 13.3. The second-order valence-corrected chi connectivity index (χ2v) is 7.47. The maximum Gasteiger partial charge on any atom is 0.340 e. The van der Waals surface area contributed by atoms with Crippen LogP contribution in [-0.2, 0) is 9.53 Å². The Kier molecular flexibility index (Phi) is 5.40. The van der Waals surface area contributed by atoms with E-state index in [1.54, 1.807) is 43.3 Å². The number of aromatic nitrogens is 3. The second-order valence-electron chi connectivity index (χ2n) is 7.47. The first-order valence-electron chi connectivity index (χ1n) is 9.91. The number of rotatable bonds is 5. The Hall–Kier alpha value is -4.14. The molecule has 0 aliphatic carbocycles. The molecule has 2 aromatic carbocycles. The van der Waals surface area contributed by atoms with Crippen LogP contribution < -0.4 is 11.0 Å². The zero-order chi connectivity index (χ0) is 23.0. The quantitative estimate of drug-likeness (QED) is 0.416. The van der Waals surface area contributed by atoms with Gasteiger partial charge in [-0.05, 0) is 69.3 Å². The van der Waals surface area contributed by atoms with Gasteiger partial charge in [-0.15, -0.1) is 0 Å². The Morgan fingerprint density at radius 1 is 1.03 bits per heavy atom. The minimum Gasteiger partial charge on any atom is -0.449 e. The summed E-state index contributed by atoms with van der Waals surface area (Å²) in [6, 6.07) is 12.5. The summed E-state index contributed by atoms with van der Waals surface area (Å²) in [6.07, 6.45) is -1.06. The summed E-state index contributed by atoms with van der Waals surface area (Å²) >= 11 is 0. The molecular weight excluding hydrogens is 415 g/mol. The van der Waals surface area contributed by atoms with Crippen molar-refractivity contribution in [2.45, 2.75) is 26.9 Å². The molecule has 2 heterocycles. The lowest BCUT2D eigenvalue weighted by Gasteiger charge is -2.14. The molecule has 0 bridgehead atoms. The predicted molar refractivity (Wildman–Crippen MR) is 118 cm³/mol. The Labute approximate surface area is 182 Å². The van der Waals surface area contributed by atoms with Gasteiger partial charge < -0.3 is 24.6 Å². The Morgan fingerprint density at radius 2 is 1.72 bits per heavy atom. The van der Waals surface area contributed by atoms with E-state index in [2.05, 4.69) is 15.3 Å². The van der Waals surface area contributed by atoms with Gasteiger partial charge in [0.25, 0.3) is 5.91 Å². The van der Waals surface area contributed by atoms with Gasteiger partial charge in [-0.25, -0.2) is 14.0 Å². The van der Waals surface area contributed by atoms with E-state index in [1.807, 2.05) is 11.5 Å². The minimum atomic E-state index is -1.06. The molecule has 0 fully saturated rings. The first kappa shape index (κ1) is 21.1. The largest absolute Gasteiger partial charge is 0.449 e. The molecule has 0 radical (unpaired) electrons. The number of aromatic amines is 2. The summed E-state index contributed by atoms with van der Waals surface area (Å²) in [5, 5.41) is 2.67. The van der Waals surface area contributed by atoms with Crippen molar-refractivity contribution >= 4 is 28.6 Å². The lowest BCUT2D eigenvalue weighted by Crippen LogP contribution is -2.30. The average molecular weight is 436 g/mol. The molecule has 3 N–H and O–H groups in total. The maximum absolute atomic E-state index is 13.3. The first-order chi connectivity index (χ1) is 15.2. The highest BCUT2D eigenvalue weighted by Gasteiger charge is 2.23. The molecule has 1 amide bonds. The van der Waals surface area contributed by atoms with Gasteiger partial charge in [0, 0.05) is 22.8 Å². The molecule has 164 valence electrons. The number of H-pyrrole nitrogens is 2. The summed E-state index contributed by atoms with van der Waals surface area (Å²) in [6.45, 7) is 5.05. The minimum absolute atomic E-state index is 0.317. The lowest BCUT2D eigenvalue weighted by atomic mass is 10.2. The number of benzene rings is 2. The monoisotopic (exact) mass is 436 g/mol. The number of nitrogens with zero attached hydrogens (tertiary/aromatic N) is 1. The van der Waals surface area contributed by atoms with Crippen molar-refractivity contribution in [1.82, 2.24) is 14.5 Å². The number of fused-ring (bicyclic) bond motifs is 1. The lowest BCUT2D eigenvalue weighted by molar-refractivity contribution is -0.123. The second kappa shape index (κ2) is 8.18. The van der Waals surface area contributed by atoms with Crippen molar-refractivity contribution < 1.29 is 18.7 Å².